The smallest absolute Gasteiger partial charge is 0.414 e. The van der Waals surface area contributed by atoms with Crippen molar-refractivity contribution < 1.29 is 13.9 Å². The lowest BCUT2D eigenvalue weighted by Gasteiger charge is -2.26. The highest BCUT2D eigenvalue weighted by atomic mass is 32.1. The van der Waals surface area contributed by atoms with Crippen LogP contribution in [-0.2, 0) is 4.74 Å². The average Bonchev–Trinajstić information content (AvgIpc) is 2.27. The lowest BCUT2D eigenvalue weighted by atomic mass is 10.2. The number of nitrogens with two attached hydrogens (primary N) is 1. The van der Waals surface area contributed by atoms with Gasteiger partial charge in [-0.3, -0.25) is 4.90 Å². The number of halogens is 1. The molecule has 0 aliphatic heterocycles. The topological polar surface area (TPSA) is 67.6 Å². The maximum absolute atomic E-state index is 13.4. The highest BCUT2D eigenvalue weighted by Gasteiger charge is 2.22. The van der Waals surface area contributed by atoms with Crippen LogP contribution in [0.4, 0.5) is 20.6 Å². The molecule has 1 aromatic rings. The summed E-state index contributed by atoms with van der Waals surface area (Å²) in [4.78, 5) is 13.2. The molecule has 0 unspecified atom stereocenters. The van der Waals surface area contributed by atoms with Crippen LogP contribution in [0.3, 0.4) is 0 Å². The summed E-state index contributed by atoms with van der Waals surface area (Å²) < 4.78 is 18.6. The summed E-state index contributed by atoms with van der Waals surface area (Å²) in [5.74, 6) is -0.483. The van der Waals surface area contributed by atoms with E-state index in [0.29, 0.717) is 5.69 Å². The van der Waals surface area contributed by atoms with Crippen LogP contribution >= 0.6 is 12.2 Å². The van der Waals surface area contributed by atoms with Crippen molar-refractivity contribution >= 4 is 34.8 Å². The summed E-state index contributed by atoms with van der Waals surface area (Å²) in [6.45, 7) is 5.25. The third kappa shape index (κ3) is 4.65. The molecule has 7 heteroatoms. The molecular formula is C13H18FN3O2S. The van der Waals surface area contributed by atoms with Crippen molar-refractivity contribution in [2.45, 2.75) is 26.4 Å². The van der Waals surface area contributed by atoms with Crippen LogP contribution in [0.2, 0.25) is 0 Å². The van der Waals surface area contributed by atoms with E-state index in [4.69, 9.17) is 22.7 Å². The average molecular weight is 299 g/mol. The predicted molar refractivity (Wildman–Crippen MR) is 81.4 cm³/mol. The SMILES string of the molecule is CN(C(=O)OC(C)(C)C)c1cc(F)ccc1NC(N)=S. The molecule has 0 saturated heterocycles. The van der Waals surface area contributed by atoms with Gasteiger partial charge in [0.2, 0.25) is 0 Å². The van der Waals surface area contributed by atoms with Gasteiger partial charge in [0.15, 0.2) is 5.11 Å². The Balaban J connectivity index is 3.07. The minimum atomic E-state index is -0.643. The molecule has 0 aromatic heterocycles. The highest BCUT2D eigenvalue weighted by Crippen LogP contribution is 2.27. The van der Waals surface area contributed by atoms with Crippen molar-refractivity contribution in [3.63, 3.8) is 0 Å². The fraction of sp³-hybridized carbons (Fsp3) is 0.385. The van der Waals surface area contributed by atoms with Gasteiger partial charge < -0.3 is 15.8 Å². The van der Waals surface area contributed by atoms with Crippen LogP contribution in [0.5, 0.6) is 0 Å². The Morgan fingerprint density at radius 3 is 2.55 bits per heavy atom. The van der Waals surface area contributed by atoms with E-state index in [1.165, 1.54) is 30.1 Å². The molecule has 3 N–H and O–H groups in total. The molecule has 0 fully saturated rings. The van der Waals surface area contributed by atoms with E-state index in [-0.39, 0.29) is 10.8 Å². The van der Waals surface area contributed by atoms with Gasteiger partial charge in [-0.2, -0.15) is 0 Å². The largest absolute Gasteiger partial charge is 0.443 e. The normalized spacial score (nSPS) is 10.8. The Hall–Kier alpha value is -1.89. The van der Waals surface area contributed by atoms with Crippen LogP contribution in [0.15, 0.2) is 18.2 Å². The third-order valence-corrected chi connectivity index (χ3v) is 2.35. The number of nitrogens with zero attached hydrogens (tertiary/aromatic N) is 1. The molecule has 0 atom stereocenters. The van der Waals surface area contributed by atoms with E-state index in [9.17, 15) is 9.18 Å². The second kappa shape index (κ2) is 6.04. The zero-order chi connectivity index (χ0) is 15.5. The monoisotopic (exact) mass is 299 g/mol. The summed E-state index contributed by atoms with van der Waals surface area (Å²) in [6.07, 6.45) is -0.603. The first-order chi connectivity index (χ1) is 9.10. The summed E-state index contributed by atoms with van der Waals surface area (Å²) in [5.41, 5.74) is 5.47. The number of hydrogen-bond donors (Lipinski definition) is 2. The maximum Gasteiger partial charge on any atom is 0.414 e. The van der Waals surface area contributed by atoms with Crippen molar-refractivity contribution in [1.29, 1.82) is 0 Å². The maximum atomic E-state index is 13.4. The van der Waals surface area contributed by atoms with Crippen LogP contribution in [0.25, 0.3) is 0 Å². The van der Waals surface area contributed by atoms with Crippen molar-refractivity contribution in [2.24, 2.45) is 5.73 Å². The Morgan fingerprint density at radius 1 is 1.45 bits per heavy atom. The van der Waals surface area contributed by atoms with Gasteiger partial charge in [0.25, 0.3) is 0 Å². The molecule has 0 saturated carbocycles. The minimum Gasteiger partial charge on any atom is -0.443 e. The van der Waals surface area contributed by atoms with E-state index < -0.39 is 17.5 Å². The molecule has 0 spiro atoms. The molecule has 5 nitrogen and oxygen atoms in total. The molecule has 0 aliphatic rings. The molecule has 1 amide bonds. The van der Waals surface area contributed by atoms with Crippen molar-refractivity contribution in [3.8, 4) is 0 Å². The van der Waals surface area contributed by atoms with E-state index in [1.54, 1.807) is 20.8 Å². The summed E-state index contributed by atoms with van der Waals surface area (Å²) in [5, 5.41) is 2.72. The molecule has 0 aliphatic carbocycles. The standard InChI is InChI=1S/C13H18FN3O2S/c1-13(2,3)19-12(18)17(4)10-7-8(14)5-6-9(10)16-11(15)20/h5-7H,1-4H3,(H3,15,16,20). The van der Waals surface area contributed by atoms with Crippen molar-refractivity contribution in [1.82, 2.24) is 0 Å². The van der Waals surface area contributed by atoms with E-state index >= 15 is 0 Å². The fourth-order valence-electron chi connectivity index (χ4n) is 1.45. The summed E-state index contributed by atoms with van der Waals surface area (Å²) >= 11 is 4.75. The van der Waals surface area contributed by atoms with Gasteiger partial charge in [0.05, 0.1) is 11.4 Å². The van der Waals surface area contributed by atoms with Gasteiger partial charge in [0.1, 0.15) is 11.4 Å². The molecule has 1 aromatic carbocycles. The van der Waals surface area contributed by atoms with Crippen LogP contribution < -0.4 is 16.0 Å². The summed E-state index contributed by atoms with van der Waals surface area (Å²) in [7, 11) is 1.48. The first kappa shape index (κ1) is 16.2. The van der Waals surface area contributed by atoms with E-state index in [0.717, 1.165) is 0 Å². The van der Waals surface area contributed by atoms with E-state index in [1.807, 2.05) is 0 Å². The van der Waals surface area contributed by atoms with Crippen molar-refractivity contribution in [2.75, 3.05) is 17.3 Å². The number of hydrogen-bond acceptors (Lipinski definition) is 3. The lowest BCUT2D eigenvalue weighted by molar-refractivity contribution is 0.0589. The number of thiocarbonyl (C=S) groups is 1. The number of rotatable bonds is 2. The third-order valence-electron chi connectivity index (χ3n) is 2.25. The van der Waals surface area contributed by atoms with Gasteiger partial charge in [-0.25, -0.2) is 9.18 Å². The Morgan fingerprint density at radius 2 is 2.05 bits per heavy atom. The fourth-order valence-corrected chi connectivity index (χ4v) is 1.56. The van der Waals surface area contributed by atoms with Gasteiger partial charge in [-0.1, -0.05) is 0 Å². The zero-order valence-electron chi connectivity index (χ0n) is 11.9. The Bertz CT molecular complexity index is 529. The molecule has 0 heterocycles. The quantitative estimate of drug-likeness (QED) is 0.822. The van der Waals surface area contributed by atoms with Crippen LogP contribution in [-0.4, -0.2) is 23.9 Å². The number of carbonyl (C=O) groups excluding carboxylic acids is 1. The van der Waals surface area contributed by atoms with Gasteiger partial charge in [0, 0.05) is 7.05 Å². The number of ether oxygens (including phenoxy) is 1. The molecule has 0 bridgehead atoms. The van der Waals surface area contributed by atoms with Gasteiger partial charge in [-0.15, -0.1) is 0 Å². The minimum absolute atomic E-state index is 0.0236. The highest BCUT2D eigenvalue weighted by molar-refractivity contribution is 7.80. The van der Waals surface area contributed by atoms with Gasteiger partial charge >= 0.3 is 6.09 Å². The van der Waals surface area contributed by atoms with Crippen molar-refractivity contribution in [3.05, 3.63) is 24.0 Å². The lowest BCUT2D eigenvalue weighted by Crippen LogP contribution is -2.35. The number of anilines is 2. The molecule has 20 heavy (non-hydrogen) atoms. The number of carbonyl (C=O) groups is 1. The molecular weight excluding hydrogens is 281 g/mol. The van der Waals surface area contributed by atoms with Crippen LogP contribution in [0, 0.1) is 5.82 Å². The first-order valence-corrected chi connectivity index (χ1v) is 6.33. The molecule has 110 valence electrons. The van der Waals surface area contributed by atoms with Gasteiger partial charge in [-0.05, 0) is 51.2 Å². The first-order valence-electron chi connectivity index (χ1n) is 5.93. The van der Waals surface area contributed by atoms with E-state index in [2.05, 4.69) is 5.32 Å². The predicted octanol–water partition coefficient (Wildman–Crippen LogP) is 2.85. The zero-order valence-corrected chi connectivity index (χ0v) is 12.7. The number of amides is 1. The number of nitrogens with one attached hydrogen (secondary N) is 1. The Labute approximate surface area is 122 Å². The molecule has 0 radical (unpaired) electrons. The Kier molecular flexibility index (Phi) is 4.88. The number of benzene rings is 1. The summed E-state index contributed by atoms with van der Waals surface area (Å²) in [6, 6.07) is 3.89. The molecule has 1 rings (SSSR count). The van der Waals surface area contributed by atoms with Crippen LogP contribution in [0.1, 0.15) is 20.8 Å². The second-order valence-corrected chi connectivity index (χ2v) is 5.63. The second-order valence-electron chi connectivity index (χ2n) is 5.19.